The number of ether oxygens (including phenoxy) is 4. The van der Waals surface area contributed by atoms with E-state index in [4.69, 9.17) is 18.9 Å². The summed E-state index contributed by atoms with van der Waals surface area (Å²) in [6.07, 6.45) is -0.413. The summed E-state index contributed by atoms with van der Waals surface area (Å²) >= 11 is 1.25. The number of anilines is 1. The van der Waals surface area contributed by atoms with Crippen LogP contribution in [-0.4, -0.2) is 70.1 Å². The fraction of sp³-hybridized carbons (Fsp3) is 0.341. The number of esters is 1. The van der Waals surface area contributed by atoms with Gasteiger partial charge in [-0.15, -0.1) is 11.8 Å². The molecule has 0 saturated carbocycles. The Hall–Kier alpha value is -5.56. The van der Waals surface area contributed by atoms with Gasteiger partial charge >= 0.3 is 18.2 Å². The van der Waals surface area contributed by atoms with Crippen LogP contribution in [0, 0.1) is 0 Å². The third-order valence-corrected chi connectivity index (χ3v) is 9.72. The Morgan fingerprint density at radius 3 is 2.09 bits per heavy atom. The molecule has 3 aromatic carbocycles. The first-order chi connectivity index (χ1) is 25.6. The lowest BCUT2D eigenvalue weighted by molar-refractivity contribution is -0.164. The van der Waals surface area contributed by atoms with Gasteiger partial charge in [-0.2, -0.15) is 0 Å². The summed E-state index contributed by atoms with van der Waals surface area (Å²) in [5.41, 5.74) is 1.28. The maximum atomic E-state index is 14.4. The van der Waals surface area contributed by atoms with Crippen LogP contribution in [0.1, 0.15) is 65.2 Å². The van der Waals surface area contributed by atoms with E-state index in [9.17, 15) is 24.0 Å². The molecule has 12 nitrogen and oxygen atoms in total. The Labute approximate surface area is 318 Å². The third-order valence-electron chi connectivity index (χ3n) is 8.54. The number of hydrogen-bond acceptors (Lipinski definition) is 10. The number of benzene rings is 3. The van der Waals surface area contributed by atoms with Crippen molar-refractivity contribution in [2.75, 3.05) is 11.4 Å². The van der Waals surface area contributed by atoms with Gasteiger partial charge in [-0.1, -0.05) is 66.7 Å². The van der Waals surface area contributed by atoms with Crippen LogP contribution >= 0.6 is 11.8 Å². The zero-order valence-electron chi connectivity index (χ0n) is 30.9. The van der Waals surface area contributed by atoms with E-state index in [0.29, 0.717) is 29.8 Å². The molecule has 0 radical (unpaired) electrons. The predicted molar refractivity (Wildman–Crippen MR) is 202 cm³/mol. The van der Waals surface area contributed by atoms with E-state index in [-0.39, 0.29) is 11.7 Å². The molecule has 0 aliphatic carbocycles. The normalized spacial score (nSPS) is 20.5. The zero-order valence-corrected chi connectivity index (χ0v) is 31.8. The van der Waals surface area contributed by atoms with Crippen molar-refractivity contribution >= 4 is 47.5 Å². The van der Waals surface area contributed by atoms with Crippen LogP contribution in [0.5, 0.6) is 5.75 Å². The predicted octanol–water partition coefficient (Wildman–Crippen LogP) is 7.06. The molecule has 0 spiro atoms. The topological polar surface area (TPSA) is 141 Å². The van der Waals surface area contributed by atoms with E-state index in [1.54, 1.807) is 82.2 Å². The molecular weight excluding hydrogens is 711 g/mol. The van der Waals surface area contributed by atoms with E-state index >= 15 is 0 Å². The molecule has 3 atom stereocenters. The molecule has 3 amide bonds. The molecular formula is C41H43N3O9S. The van der Waals surface area contributed by atoms with Crippen LogP contribution in [0.3, 0.4) is 0 Å². The average Bonchev–Trinajstić information content (AvgIpc) is 3.47. The summed E-state index contributed by atoms with van der Waals surface area (Å²) in [6, 6.07) is 23.0. The highest BCUT2D eigenvalue weighted by atomic mass is 32.2. The van der Waals surface area contributed by atoms with Crippen molar-refractivity contribution in [3.8, 4) is 5.75 Å². The second kappa shape index (κ2) is 15.4. The van der Waals surface area contributed by atoms with E-state index in [0.717, 1.165) is 11.1 Å². The lowest BCUT2D eigenvalue weighted by Gasteiger charge is -2.51. The number of thioether (sulfide) groups is 1. The van der Waals surface area contributed by atoms with Crippen molar-refractivity contribution in [1.82, 2.24) is 10.2 Å². The number of nitrogens with one attached hydrogen (secondary N) is 1. The van der Waals surface area contributed by atoms with Crippen molar-refractivity contribution in [2.24, 2.45) is 0 Å². The minimum Gasteiger partial charge on any atom is -0.451 e. The van der Waals surface area contributed by atoms with Crippen LogP contribution in [-0.2, 0) is 28.6 Å². The number of hydrogen-bond donors (Lipinski definition) is 1. The van der Waals surface area contributed by atoms with E-state index in [2.05, 4.69) is 5.32 Å². The summed E-state index contributed by atoms with van der Waals surface area (Å²) in [4.78, 5) is 69.9. The molecule has 2 fully saturated rings. The van der Waals surface area contributed by atoms with Gasteiger partial charge in [0.25, 0.3) is 5.91 Å². The van der Waals surface area contributed by atoms with Gasteiger partial charge in [-0.05, 0) is 88.3 Å². The van der Waals surface area contributed by atoms with Gasteiger partial charge in [0.1, 0.15) is 28.4 Å². The van der Waals surface area contributed by atoms with Gasteiger partial charge < -0.3 is 34.1 Å². The molecule has 282 valence electrons. The number of amides is 3. The molecule has 3 aromatic rings. The van der Waals surface area contributed by atoms with Crippen LogP contribution in [0.15, 0.2) is 108 Å². The molecule has 6 rings (SSSR count). The van der Waals surface area contributed by atoms with Gasteiger partial charge in [0.05, 0.1) is 0 Å². The van der Waals surface area contributed by atoms with Crippen LogP contribution in [0.4, 0.5) is 15.3 Å². The minimum atomic E-state index is -1.21. The Morgan fingerprint density at radius 2 is 1.48 bits per heavy atom. The van der Waals surface area contributed by atoms with Crippen molar-refractivity contribution in [3.05, 3.63) is 119 Å². The molecule has 3 aliphatic heterocycles. The molecule has 3 heterocycles. The highest BCUT2D eigenvalue weighted by Crippen LogP contribution is 2.42. The van der Waals surface area contributed by atoms with Gasteiger partial charge in [0, 0.05) is 23.9 Å². The third kappa shape index (κ3) is 8.79. The summed E-state index contributed by atoms with van der Waals surface area (Å²) in [6.45, 7) is 10.7. The second-order valence-electron chi connectivity index (χ2n) is 15.0. The first-order valence-corrected chi connectivity index (χ1v) is 18.5. The Balaban J connectivity index is 1.28. The Kier molecular flexibility index (Phi) is 10.9. The fourth-order valence-corrected chi connectivity index (χ4v) is 7.44. The van der Waals surface area contributed by atoms with Crippen LogP contribution in [0.2, 0.25) is 0 Å². The standard InChI is InChI=1S/C41H43N3O9S/c1-40(2,3)52-38(48)42-31-35(46)44-32(37(47)51-33(25-14-9-7-10-15-25)26-16-11-8-12-17-26)28(24-54-36(31)44)22-27-20-21-43(34(27)45)29-18-13-19-30(23-29)50-39(49)53-41(4,5)6/h7-19,22-24,31-33,36H,20-21H2,1-6H3,(H,42,48)/t31-,32-,36-/m1/s1. The minimum absolute atomic E-state index is 0.212. The first kappa shape index (κ1) is 38.2. The molecule has 2 saturated heterocycles. The number of β-lactam (4-membered cyclic amide) rings is 1. The van der Waals surface area contributed by atoms with Crippen molar-refractivity contribution in [1.29, 1.82) is 0 Å². The highest BCUT2D eigenvalue weighted by Gasteiger charge is 2.56. The van der Waals surface area contributed by atoms with Crippen LogP contribution < -0.4 is 15.0 Å². The molecule has 0 bridgehead atoms. The fourth-order valence-electron chi connectivity index (χ4n) is 6.25. The summed E-state index contributed by atoms with van der Waals surface area (Å²) in [5.74, 6) is -1.28. The number of rotatable bonds is 8. The summed E-state index contributed by atoms with van der Waals surface area (Å²) in [5, 5.41) is 3.76. The molecule has 13 heteroatoms. The average molecular weight is 754 g/mol. The number of carbonyl (C=O) groups is 5. The van der Waals surface area contributed by atoms with E-state index < -0.39 is 58.9 Å². The molecule has 0 unspecified atom stereocenters. The summed E-state index contributed by atoms with van der Waals surface area (Å²) in [7, 11) is 0. The highest BCUT2D eigenvalue weighted by molar-refractivity contribution is 8.03. The van der Waals surface area contributed by atoms with E-state index in [1.807, 2.05) is 60.7 Å². The number of carbonyl (C=O) groups excluding carboxylic acids is 5. The molecule has 3 aliphatic rings. The lowest BCUT2D eigenvalue weighted by atomic mass is 9.95. The van der Waals surface area contributed by atoms with Crippen LogP contribution in [0.25, 0.3) is 0 Å². The molecule has 0 aromatic heterocycles. The maximum absolute atomic E-state index is 14.4. The molecule has 1 N–H and O–H groups in total. The van der Waals surface area contributed by atoms with Crippen molar-refractivity contribution < 1.29 is 42.9 Å². The van der Waals surface area contributed by atoms with Gasteiger partial charge in [-0.3, -0.25) is 9.59 Å². The Morgan fingerprint density at radius 1 is 0.852 bits per heavy atom. The first-order valence-electron chi connectivity index (χ1n) is 17.6. The lowest BCUT2D eigenvalue weighted by Crippen LogP contribution is -2.74. The maximum Gasteiger partial charge on any atom is 0.514 e. The molecule has 54 heavy (non-hydrogen) atoms. The van der Waals surface area contributed by atoms with Gasteiger partial charge in [0.2, 0.25) is 5.91 Å². The van der Waals surface area contributed by atoms with Crippen molar-refractivity contribution in [3.63, 3.8) is 0 Å². The number of nitrogens with zero attached hydrogens (tertiary/aromatic N) is 2. The quantitative estimate of drug-likeness (QED) is 0.0836. The van der Waals surface area contributed by atoms with Gasteiger partial charge in [-0.25, -0.2) is 14.4 Å². The second-order valence-corrected chi connectivity index (χ2v) is 16.0. The summed E-state index contributed by atoms with van der Waals surface area (Å²) < 4.78 is 22.3. The zero-order chi connectivity index (χ0) is 38.8. The van der Waals surface area contributed by atoms with Crippen molar-refractivity contribution in [2.45, 2.75) is 82.7 Å². The Bertz CT molecular complexity index is 1950. The largest absolute Gasteiger partial charge is 0.514 e. The number of fused-ring (bicyclic) bond motifs is 1. The van der Waals surface area contributed by atoms with E-state index in [1.165, 1.54) is 16.7 Å². The SMILES string of the molecule is CC(C)(C)OC(=O)N[C@@H]1C(=O)N2[C@@H](C(=O)OC(c3ccccc3)c3ccccc3)C(C=C3CCN(c4cccc(OC(=O)OC(C)(C)C)c4)C3=O)=CS[C@H]12. The monoisotopic (exact) mass is 753 g/mol. The van der Waals surface area contributed by atoms with Gasteiger partial charge in [0.15, 0.2) is 12.1 Å². The smallest absolute Gasteiger partial charge is 0.451 e. The number of alkyl carbamates (subject to hydrolysis) is 1.